The molecule has 1 N–H and O–H groups in total. The normalized spacial score (nSPS) is 17.4. The summed E-state index contributed by atoms with van der Waals surface area (Å²) in [6.07, 6.45) is 1.94. The molecule has 16 heavy (non-hydrogen) atoms. The Labute approximate surface area is 99.9 Å². The van der Waals surface area contributed by atoms with Gasteiger partial charge in [0.05, 0.1) is 19.8 Å². The van der Waals surface area contributed by atoms with Crippen molar-refractivity contribution in [3.8, 4) is 5.75 Å². The Kier molecular flexibility index (Phi) is 4.04. The average Bonchev–Trinajstić information content (AvgIpc) is 2.31. The minimum absolute atomic E-state index is 0.0990. The number of halogens is 1. The summed E-state index contributed by atoms with van der Waals surface area (Å²) in [6, 6.07) is 5.42. The molecule has 1 fully saturated rings. The van der Waals surface area contributed by atoms with Crippen LogP contribution in [0, 0.1) is 0 Å². The van der Waals surface area contributed by atoms with Gasteiger partial charge in [0, 0.05) is 23.4 Å². The van der Waals surface area contributed by atoms with Crippen molar-refractivity contribution in [3.63, 3.8) is 0 Å². The Hall–Kier alpha value is -0.770. The summed E-state index contributed by atoms with van der Waals surface area (Å²) in [5.74, 6) is 0.682. The summed E-state index contributed by atoms with van der Waals surface area (Å²) in [7, 11) is 0. The molecule has 0 spiro atoms. The van der Waals surface area contributed by atoms with E-state index in [0.29, 0.717) is 16.3 Å². The van der Waals surface area contributed by atoms with E-state index in [0.717, 1.165) is 26.1 Å². The summed E-state index contributed by atoms with van der Waals surface area (Å²) >= 11 is 5.98. The molecule has 0 aliphatic carbocycles. The van der Waals surface area contributed by atoms with Crippen LogP contribution in [0.5, 0.6) is 5.75 Å². The van der Waals surface area contributed by atoms with E-state index in [-0.39, 0.29) is 12.7 Å². The second kappa shape index (κ2) is 5.53. The first-order valence-electron chi connectivity index (χ1n) is 5.44. The fourth-order valence-corrected chi connectivity index (χ4v) is 2.00. The Morgan fingerprint density at radius 3 is 2.81 bits per heavy atom. The van der Waals surface area contributed by atoms with Gasteiger partial charge in [-0.1, -0.05) is 17.7 Å². The van der Waals surface area contributed by atoms with Crippen LogP contribution >= 0.6 is 11.6 Å². The molecule has 0 bridgehead atoms. The van der Waals surface area contributed by atoms with Crippen molar-refractivity contribution in [3.05, 3.63) is 28.8 Å². The Bertz CT molecular complexity index is 348. The van der Waals surface area contributed by atoms with Crippen LogP contribution in [0.25, 0.3) is 0 Å². The lowest BCUT2D eigenvalue weighted by Crippen LogP contribution is -2.26. The number of benzene rings is 1. The maximum atomic E-state index is 9.24. The molecular weight excluding hydrogens is 228 g/mol. The van der Waals surface area contributed by atoms with Crippen LogP contribution < -0.4 is 4.74 Å². The number of ether oxygens (including phenoxy) is 2. The monoisotopic (exact) mass is 242 g/mol. The second-order valence-electron chi connectivity index (χ2n) is 3.80. The van der Waals surface area contributed by atoms with Gasteiger partial charge in [-0.05, 0) is 12.1 Å². The van der Waals surface area contributed by atoms with E-state index in [1.54, 1.807) is 6.07 Å². The quantitative estimate of drug-likeness (QED) is 0.885. The first-order valence-corrected chi connectivity index (χ1v) is 5.81. The van der Waals surface area contributed by atoms with Gasteiger partial charge >= 0.3 is 0 Å². The Morgan fingerprint density at radius 2 is 2.12 bits per heavy atom. The average molecular weight is 243 g/mol. The number of hydrogen-bond donors (Lipinski definition) is 1. The maximum Gasteiger partial charge on any atom is 0.126 e. The molecule has 0 unspecified atom stereocenters. The smallest absolute Gasteiger partial charge is 0.126 e. The molecule has 0 aromatic heterocycles. The molecule has 1 aromatic carbocycles. The van der Waals surface area contributed by atoms with Gasteiger partial charge in [-0.2, -0.15) is 0 Å². The van der Waals surface area contributed by atoms with E-state index in [1.807, 2.05) is 12.1 Å². The Balaban J connectivity index is 2.10. The minimum Gasteiger partial charge on any atom is -0.490 e. The molecule has 1 heterocycles. The zero-order valence-electron chi connectivity index (χ0n) is 8.99. The fourth-order valence-electron chi connectivity index (χ4n) is 1.78. The molecular formula is C12H15ClO3. The van der Waals surface area contributed by atoms with Crippen molar-refractivity contribution in [1.29, 1.82) is 0 Å². The SMILES string of the molecule is OCc1c(Cl)cccc1OC1CCOCC1. The lowest BCUT2D eigenvalue weighted by molar-refractivity contribution is 0.0247. The molecule has 0 saturated carbocycles. The highest BCUT2D eigenvalue weighted by molar-refractivity contribution is 6.31. The van der Waals surface area contributed by atoms with Gasteiger partial charge < -0.3 is 14.6 Å². The standard InChI is InChI=1S/C12H15ClO3/c13-11-2-1-3-12(10(11)8-14)16-9-4-6-15-7-5-9/h1-3,9,14H,4-8H2. The van der Waals surface area contributed by atoms with E-state index in [4.69, 9.17) is 21.1 Å². The summed E-state index contributed by atoms with van der Waals surface area (Å²) < 4.78 is 11.1. The molecule has 0 atom stereocenters. The van der Waals surface area contributed by atoms with Gasteiger partial charge in [-0.15, -0.1) is 0 Å². The zero-order chi connectivity index (χ0) is 11.4. The molecule has 2 rings (SSSR count). The largest absolute Gasteiger partial charge is 0.490 e. The number of hydrogen-bond acceptors (Lipinski definition) is 3. The lowest BCUT2D eigenvalue weighted by Gasteiger charge is -2.24. The molecule has 1 aliphatic heterocycles. The van der Waals surface area contributed by atoms with Gasteiger partial charge in [0.1, 0.15) is 11.9 Å². The van der Waals surface area contributed by atoms with E-state index in [9.17, 15) is 5.11 Å². The molecule has 3 nitrogen and oxygen atoms in total. The molecule has 1 aliphatic rings. The predicted octanol–water partition coefficient (Wildman–Crippen LogP) is 2.39. The van der Waals surface area contributed by atoms with Gasteiger partial charge in [-0.3, -0.25) is 0 Å². The lowest BCUT2D eigenvalue weighted by atomic mass is 10.1. The first-order chi connectivity index (χ1) is 7.81. The third-order valence-electron chi connectivity index (χ3n) is 2.70. The minimum atomic E-state index is -0.0990. The molecule has 1 aromatic rings. The summed E-state index contributed by atoms with van der Waals surface area (Å²) in [6.45, 7) is 1.37. The van der Waals surface area contributed by atoms with Gasteiger partial charge in [-0.25, -0.2) is 0 Å². The van der Waals surface area contributed by atoms with Crippen LogP contribution in [-0.2, 0) is 11.3 Å². The number of aliphatic hydroxyl groups is 1. The number of rotatable bonds is 3. The van der Waals surface area contributed by atoms with Gasteiger partial charge in [0.25, 0.3) is 0 Å². The van der Waals surface area contributed by atoms with E-state index >= 15 is 0 Å². The van der Waals surface area contributed by atoms with Gasteiger partial charge in [0.15, 0.2) is 0 Å². The highest BCUT2D eigenvalue weighted by atomic mass is 35.5. The third kappa shape index (κ3) is 2.67. The van der Waals surface area contributed by atoms with Crippen molar-refractivity contribution >= 4 is 11.6 Å². The molecule has 0 amide bonds. The predicted molar refractivity (Wildman–Crippen MR) is 61.8 cm³/mol. The van der Waals surface area contributed by atoms with Crippen LogP contribution in [0.4, 0.5) is 0 Å². The first kappa shape index (κ1) is 11.7. The van der Waals surface area contributed by atoms with Crippen molar-refractivity contribution in [1.82, 2.24) is 0 Å². The van der Waals surface area contributed by atoms with Crippen LogP contribution in [0.2, 0.25) is 5.02 Å². The Morgan fingerprint density at radius 1 is 1.38 bits per heavy atom. The topological polar surface area (TPSA) is 38.7 Å². The third-order valence-corrected chi connectivity index (χ3v) is 3.05. The van der Waals surface area contributed by atoms with Crippen LogP contribution in [0.3, 0.4) is 0 Å². The van der Waals surface area contributed by atoms with E-state index in [1.165, 1.54) is 0 Å². The zero-order valence-corrected chi connectivity index (χ0v) is 9.74. The summed E-state index contributed by atoms with van der Waals surface area (Å²) in [5.41, 5.74) is 0.663. The van der Waals surface area contributed by atoms with Crippen LogP contribution in [0.1, 0.15) is 18.4 Å². The van der Waals surface area contributed by atoms with Crippen LogP contribution in [-0.4, -0.2) is 24.4 Å². The van der Waals surface area contributed by atoms with Crippen molar-refractivity contribution in [2.75, 3.05) is 13.2 Å². The maximum absolute atomic E-state index is 9.24. The highest BCUT2D eigenvalue weighted by Gasteiger charge is 2.17. The summed E-state index contributed by atoms with van der Waals surface area (Å²) in [4.78, 5) is 0. The highest BCUT2D eigenvalue weighted by Crippen LogP contribution is 2.28. The van der Waals surface area contributed by atoms with Gasteiger partial charge in [0.2, 0.25) is 0 Å². The molecule has 1 saturated heterocycles. The molecule has 0 radical (unpaired) electrons. The van der Waals surface area contributed by atoms with Crippen molar-refractivity contribution in [2.45, 2.75) is 25.6 Å². The van der Waals surface area contributed by atoms with E-state index < -0.39 is 0 Å². The van der Waals surface area contributed by atoms with Crippen LogP contribution in [0.15, 0.2) is 18.2 Å². The molecule has 88 valence electrons. The summed E-state index contributed by atoms with van der Waals surface area (Å²) in [5, 5.41) is 9.79. The van der Waals surface area contributed by atoms with Crippen molar-refractivity contribution in [2.24, 2.45) is 0 Å². The molecule has 4 heteroatoms. The second-order valence-corrected chi connectivity index (χ2v) is 4.21. The van der Waals surface area contributed by atoms with Crippen molar-refractivity contribution < 1.29 is 14.6 Å². The number of aliphatic hydroxyl groups excluding tert-OH is 1. The van der Waals surface area contributed by atoms with E-state index in [2.05, 4.69) is 0 Å². The fraction of sp³-hybridized carbons (Fsp3) is 0.500.